The lowest BCUT2D eigenvalue weighted by molar-refractivity contribution is 0.650. The van der Waals surface area contributed by atoms with Crippen LogP contribution in [0.4, 0.5) is 5.69 Å². The van der Waals surface area contributed by atoms with Crippen LogP contribution >= 0.6 is 0 Å². The summed E-state index contributed by atoms with van der Waals surface area (Å²) in [6.45, 7) is 0. The van der Waals surface area contributed by atoms with Gasteiger partial charge < -0.3 is 0 Å². The summed E-state index contributed by atoms with van der Waals surface area (Å²) in [6, 6.07) is 3.61. The van der Waals surface area contributed by atoms with Gasteiger partial charge in [-0.15, -0.1) is 0 Å². The lowest BCUT2D eigenvalue weighted by atomic mass is 10.3. The molecule has 76 valence electrons. The molecule has 1 aliphatic heterocycles. The van der Waals surface area contributed by atoms with Crippen molar-refractivity contribution in [3.05, 3.63) is 24.5 Å². The SMILES string of the molecule is O=S1(=Nc2ccncc2)CCCCC1. The minimum Gasteiger partial charge on any atom is -0.265 e. The average Bonchev–Trinajstić information content (AvgIpc) is 2.19. The van der Waals surface area contributed by atoms with Crippen LogP contribution in [0.2, 0.25) is 0 Å². The van der Waals surface area contributed by atoms with Crippen LogP contribution in [0, 0.1) is 0 Å². The molecule has 0 N–H and O–H groups in total. The molecule has 1 fully saturated rings. The number of rotatable bonds is 1. The fourth-order valence-corrected chi connectivity index (χ4v) is 3.83. The van der Waals surface area contributed by atoms with Crippen molar-refractivity contribution >= 4 is 15.4 Å². The molecule has 0 aliphatic carbocycles. The Bertz CT molecular complexity index is 395. The van der Waals surface area contributed by atoms with Gasteiger partial charge in [-0.1, -0.05) is 6.42 Å². The van der Waals surface area contributed by atoms with Gasteiger partial charge in [0.25, 0.3) is 0 Å². The third-order valence-electron chi connectivity index (χ3n) is 2.36. The standard InChI is InChI=1S/C10H14N2OS/c13-14(8-2-1-3-9-14)12-10-4-6-11-7-5-10/h4-7H,1-3,8-9H2. The van der Waals surface area contributed by atoms with Crippen LogP contribution in [-0.4, -0.2) is 20.7 Å². The lowest BCUT2D eigenvalue weighted by Gasteiger charge is -2.14. The number of hydrogen-bond acceptors (Lipinski definition) is 3. The Morgan fingerprint density at radius 3 is 2.43 bits per heavy atom. The topological polar surface area (TPSA) is 42.3 Å². The number of nitrogens with zero attached hydrogens (tertiary/aromatic N) is 2. The maximum Gasteiger partial charge on any atom is 0.0760 e. The second-order valence-electron chi connectivity index (χ2n) is 3.54. The van der Waals surface area contributed by atoms with E-state index in [2.05, 4.69) is 9.35 Å². The molecule has 0 saturated carbocycles. The molecule has 0 aromatic carbocycles. The van der Waals surface area contributed by atoms with E-state index in [1.54, 1.807) is 24.5 Å². The average molecular weight is 210 g/mol. The van der Waals surface area contributed by atoms with Crippen LogP contribution in [0.3, 0.4) is 0 Å². The van der Waals surface area contributed by atoms with E-state index < -0.39 is 9.73 Å². The van der Waals surface area contributed by atoms with Crippen molar-refractivity contribution in [3.63, 3.8) is 0 Å². The number of aromatic nitrogens is 1. The Morgan fingerprint density at radius 1 is 1.14 bits per heavy atom. The monoisotopic (exact) mass is 210 g/mol. The quantitative estimate of drug-likeness (QED) is 0.714. The molecule has 0 bridgehead atoms. The van der Waals surface area contributed by atoms with E-state index in [1.165, 1.54) is 6.42 Å². The summed E-state index contributed by atoms with van der Waals surface area (Å²) >= 11 is 0. The molecule has 0 unspecified atom stereocenters. The van der Waals surface area contributed by atoms with Gasteiger partial charge in [0.1, 0.15) is 0 Å². The highest BCUT2D eigenvalue weighted by Crippen LogP contribution is 2.19. The molecular weight excluding hydrogens is 196 g/mol. The van der Waals surface area contributed by atoms with Crippen LogP contribution in [0.5, 0.6) is 0 Å². The Hall–Kier alpha value is -0.900. The van der Waals surface area contributed by atoms with Crippen LogP contribution in [0.25, 0.3) is 0 Å². The van der Waals surface area contributed by atoms with E-state index in [-0.39, 0.29) is 0 Å². The molecule has 2 rings (SSSR count). The number of hydrogen-bond donors (Lipinski definition) is 0. The van der Waals surface area contributed by atoms with Crippen LogP contribution in [0.15, 0.2) is 28.9 Å². The van der Waals surface area contributed by atoms with E-state index in [4.69, 9.17) is 0 Å². The smallest absolute Gasteiger partial charge is 0.0760 e. The number of pyridine rings is 1. The summed E-state index contributed by atoms with van der Waals surface area (Å²) in [6.07, 6.45) is 6.67. The van der Waals surface area contributed by atoms with E-state index in [0.29, 0.717) is 0 Å². The van der Waals surface area contributed by atoms with Crippen LogP contribution in [-0.2, 0) is 9.73 Å². The van der Waals surface area contributed by atoms with E-state index in [9.17, 15) is 4.21 Å². The fourth-order valence-electron chi connectivity index (χ4n) is 1.62. The Morgan fingerprint density at radius 2 is 1.79 bits per heavy atom. The molecule has 1 aliphatic rings. The molecule has 0 radical (unpaired) electrons. The molecule has 3 nitrogen and oxygen atoms in total. The summed E-state index contributed by atoms with van der Waals surface area (Å²) in [5.41, 5.74) is 0.798. The van der Waals surface area contributed by atoms with Gasteiger partial charge in [0.05, 0.1) is 15.4 Å². The van der Waals surface area contributed by atoms with Gasteiger partial charge in [-0.2, -0.15) is 4.36 Å². The van der Waals surface area contributed by atoms with Gasteiger partial charge >= 0.3 is 0 Å². The molecular formula is C10H14N2OS. The third kappa shape index (κ3) is 2.32. The normalized spacial score (nSPS) is 20.3. The first-order valence-electron chi connectivity index (χ1n) is 4.91. The molecule has 4 heteroatoms. The van der Waals surface area contributed by atoms with Gasteiger partial charge in [0.15, 0.2) is 0 Å². The Labute approximate surface area is 84.7 Å². The second-order valence-corrected chi connectivity index (χ2v) is 6.08. The minimum atomic E-state index is -1.95. The Kier molecular flexibility index (Phi) is 2.82. The van der Waals surface area contributed by atoms with E-state index in [0.717, 1.165) is 30.0 Å². The van der Waals surface area contributed by atoms with Crippen molar-refractivity contribution in [2.24, 2.45) is 4.36 Å². The summed E-state index contributed by atoms with van der Waals surface area (Å²) in [7, 11) is -1.95. The highest BCUT2D eigenvalue weighted by Gasteiger charge is 2.13. The highest BCUT2D eigenvalue weighted by molar-refractivity contribution is 7.93. The maximum absolute atomic E-state index is 12.2. The zero-order valence-electron chi connectivity index (χ0n) is 8.06. The van der Waals surface area contributed by atoms with Gasteiger partial charge in [-0.05, 0) is 25.0 Å². The molecule has 1 aromatic rings. The van der Waals surface area contributed by atoms with E-state index in [1.807, 2.05) is 0 Å². The maximum atomic E-state index is 12.2. The van der Waals surface area contributed by atoms with Gasteiger partial charge in [-0.3, -0.25) is 4.98 Å². The summed E-state index contributed by atoms with van der Waals surface area (Å²) < 4.78 is 16.5. The molecule has 0 spiro atoms. The Balaban J connectivity index is 2.29. The van der Waals surface area contributed by atoms with Crippen LogP contribution in [0.1, 0.15) is 19.3 Å². The molecule has 2 heterocycles. The molecule has 0 amide bonds. The second kappa shape index (κ2) is 4.09. The van der Waals surface area contributed by atoms with Crippen molar-refractivity contribution < 1.29 is 4.21 Å². The van der Waals surface area contributed by atoms with E-state index >= 15 is 0 Å². The lowest BCUT2D eigenvalue weighted by Crippen LogP contribution is -2.15. The first-order chi connectivity index (χ1) is 6.79. The first-order valence-corrected chi connectivity index (χ1v) is 6.76. The zero-order chi connectivity index (χ0) is 9.86. The van der Waals surface area contributed by atoms with Crippen LogP contribution < -0.4 is 0 Å². The van der Waals surface area contributed by atoms with Crippen molar-refractivity contribution in [2.75, 3.05) is 11.5 Å². The van der Waals surface area contributed by atoms with Gasteiger partial charge in [-0.25, -0.2) is 4.21 Å². The largest absolute Gasteiger partial charge is 0.265 e. The molecule has 1 saturated heterocycles. The highest BCUT2D eigenvalue weighted by atomic mass is 32.2. The summed E-state index contributed by atoms with van der Waals surface area (Å²) in [4.78, 5) is 3.91. The zero-order valence-corrected chi connectivity index (χ0v) is 8.87. The van der Waals surface area contributed by atoms with Crippen molar-refractivity contribution in [3.8, 4) is 0 Å². The van der Waals surface area contributed by atoms with Crippen molar-refractivity contribution in [2.45, 2.75) is 19.3 Å². The third-order valence-corrected chi connectivity index (χ3v) is 4.76. The molecule has 1 aromatic heterocycles. The van der Waals surface area contributed by atoms with Gasteiger partial charge in [0, 0.05) is 23.9 Å². The predicted molar refractivity (Wildman–Crippen MR) is 58.1 cm³/mol. The van der Waals surface area contributed by atoms with Gasteiger partial charge in [0.2, 0.25) is 0 Å². The predicted octanol–water partition coefficient (Wildman–Crippen LogP) is 2.37. The summed E-state index contributed by atoms with van der Waals surface area (Å²) in [5, 5.41) is 0. The molecule has 0 atom stereocenters. The first kappa shape index (κ1) is 9.65. The minimum absolute atomic E-state index is 0.759. The van der Waals surface area contributed by atoms with Crippen molar-refractivity contribution in [1.82, 2.24) is 4.98 Å². The molecule has 14 heavy (non-hydrogen) atoms. The fraction of sp³-hybridized carbons (Fsp3) is 0.500. The van der Waals surface area contributed by atoms with Crippen molar-refractivity contribution in [1.29, 1.82) is 0 Å². The summed E-state index contributed by atoms with van der Waals surface area (Å²) in [5.74, 6) is 1.52.